The molecule has 4 saturated heterocycles. The van der Waals surface area contributed by atoms with Crippen LogP contribution < -0.4 is 37.6 Å². The Hall–Kier alpha value is -5.54. The lowest BCUT2D eigenvalue weighted by Gasteiger charge is -2.41. The third-order valence-electron chi connectivity index (χ3n) is 13.0. The Kier molecular flexibility index (Phi) is 20.4. The summed E-state index contributed by atoms with van der Waals surface area (Å²) in [6.45, 7) is 11.1. The highest BCUT2D eigenvalue weighted by Gasteiger charge is 2.48. The van der Waals surface area contributed by atoms with E-state index in [1.807, 2.05) is 0 Å². The van der Waals surface area contributed by atoms with Crippen molar-refractivity contribution in [1.29, 1.82) is 0 Å². The fourth-order valence-corrected chi connectivity index (χ4v) is 9.03. The van der Waals surface area contributed by atoms with E-state index in [2.05, 4.69) is 31.9 Å². The molecular weight excluding hydrogens is 925 g/mol. The quantitative estimate of drug-likeness (QED) is 0.0542. The summed E-state index contributed by atoms with van der Waals surface area (Å²) < 4.78 is 11.4. The molecule has 4 aliphatic heterocycles. The van der Waals surface area contributed by atoms with Crippen LogP contribution >= 0.6 is 0 Å². The fourth-order valence-electron chi connectivity index (χ4n) is 9.03. The number of carbonyl (C=O) groups excluding carboxylic acids is 10. The van der Waals surface area contributed by atoms with Crippen molar-refractivity contribution in [2.24, 2.45) is 11.7 Å². The molecule has 70 heavy (non-hydrogen) atoms. The molecule has 0 aromatic rings. The number of carbonyl (C=O) groups is 10. The Balaban J connectivity index is 1.51. The predicted octanol–water partition coefficient (Wildman–Crippen LogP) is -5.69. The zero-order valence-electron chi connectivity index (χ0n) is 40.9. The van der Waals surface area contributed by atoms with Gasteiger partial charge >= 0.3 is 0 Å². The van der Waals surface area contributed by atoms with Crippen LogP contribution in [-0.4, -0.2) is 212 Å². The van der Waals surface area contributed by atoms with E-state index in [1.165, 1.54) is 56.2 Å². The normalized spacial score (nSPS) is 27.5. The van der Waals surface area contributed by atoms with E-state index in [1.54, 1.807) is 13.8 Å². The molecule has 10 amide bonds. The Morgan fingerprint density at radius 2 is 1.00 bits per heavy atom. The monoisotopic (exact) mass is 997 g/mol. The molecule has 12 N–H and O–H groups in total. The van der Waals surface area contributed by atoms with Crippen LogP contribution in [0.2, 0.25) is 0 Å². The van der Waals surface area contributed by atoms with E-state index >= 15 is 0 Å². The van der Waals surface area contributed by atoms with Crippen molar-refractivity contribution in [3.05, 3.63) is 0 Å². The fraction of sp³-hybridized carbons (Fsp3) is 0.773. The molecule has 26 heteroatoms. The number of hydrogen-bond donors (Lipinski definition) is 11. The second-order valence-corrected chi connectivity index (χ2v) is 18.8. The average molecular weight is 997 g/mol. The molecule has 0 bridgehead atoms. The molecule has 4 aliphatic rings. The van der Waals surface area contributed by atoms with E-state index in [-0.39, 0.29) is 32.5 Å². The first-order chi connectivity index (χ1) is 32.8. The van der Waals surface area contributed by atoms with Gasteiger partial charge in [-0.15, -0.1) is 0 Å². The number of nitrogens with zero attached hydrogens (tertiary/aromatic N) is 3. The molecular formula is C44H72N10O16. The second-order valence-electron chi connectivity index (χ2n) is 18.8. The largest absolute Gasteiger partial charge is 0.394 e. The zero-order chi connectivity index (χ0) is 52.5. The van der Waals surface area contributed by atoms with Gasteiger partial charge in [-0.25, -0.2) is 0 Å². The number of aliphatic hydroxyl groups is 4. The first-order valence-electron chi connectivity index (χ1n) is 23.8. The number of amides is 10. The molecule has 4 fully saturated rings. The van der Waals surface area contributed by atoms with E-state index in [4.69, 9.17) is 15.2 Å². The molecule has 0 unspecified atom stereocenters. The second kappa shape index (κ2) is 25.0. The highest BCUT2D eigenvalue weighted by molar-refractivity contribution is 5.99. The summed E-state index contributed by atoms with van der Waals surface area (Å²) in [5.41, 5.74) is 5.44. The molecule has 4 heterocycles. The van der Waals surface area contributed by atoms with Gasteiger partial charge in [0.25, 0.3) is 0 Å². The molecule has 4 rings (SSSR count). The summed E-state index contributed by atoms with van der Waals surface area (Å²) in [5, 5.41) is 56.7. The summed E-state index contributed by atoms with van der Waals surface area (Å²) >= 11 is 0. The van der Waals surface area contributed by atoms with Crippen LogP contribution in [0.1, 0.15) is 93.9 Å². The number of nitrogens with one attached hydrogen (secondary N) is 6. The van der Waals surface area contributed by atoms with Crippen LogP contribution in [-0.2, 0) is 57.4 Å². The summed E-state index contributed by atoms with van der Waals surface area (Å²) in [4.78, 5) is 136. The predicted molar refractivity (Wildman–Crippen MR) is 243 cm³/mol. The van der Waals surface area contributed by atoms with Crippen molar-refractivity contribution in [3.63, 3.8) is 0 Å². The number of rotatable bonds is 20. The molecule has 0 aliphatic carbocycles. The Bertz CT molecular complexity index is 1960. The van der Waals surface area contributed by atoms with Crippen LogP contribution in [0, 0.1) is 5.92 Å². The highest BCUT2D eigenvalue weighted by atomic mass is 16.7. The maximum Gasteiger partial charge on any atom is 0.248 e. The summed E-state index contributed by atoms with van der Waals surface area (Å²) in [6.07, 6.45) is -8.17. The van der Waals surface area contributed by atoms with Gasteiger partial charge in [0.1, 0.15) is 78.8 Å². The first-order valence-corrected chi connectivity index (χ1v) is 23.8. The van der Waals surface area contributed by atoms with Gasteiger partial charge in [-0.1, -0.05) is 13.8 Å². The molecule has 0 saturated carbocycles. The third kappa shape index (κ3) is 13.9. The van der Waals surface area contributed by atoms with Gasteiger partial charge in [0.15, 0.2) is 6.29 Å². The summed E-state index contributed by atoms with van der Waals surface area (Å²) in [6, 6.07) is -10.5. The third-order valence-corrected chi connectivity index (χ3v) is 13.0. The molecule has 0 spiro atoms. The first kappa shape index (κ1) is 57.0. The minimum Gasteiger partial charge on any atom is -0.394 e. The van der Waals surface area contributed by atoms with Crippen molar-refractivity contribution in [2.75, 3.05) is 26.2 Å². The van der Waals surface area contributed by atoms with Crippen LogP contribution in [0.3, 0.4) is 0 Å². The molecule has 0 aromatic carbocycles. The molecule has 15 atom stereocenters. The summed E-state index contributed by atoms with van der Waals surface area (Å²) in [7, 11) is 0. The van der Waals surface area contributed by atoms with Crippen molar-refractivity contribution >= 4 is 59.1 Å². The van der Waals surface area contributed by atoms with Gasteiger partial charge in [-0.3, -0.25) is 47.9 Å². The minimum atomic E-state index is -1.89. The van der Waals surface area contributed by atoms with Crippen molar-refractivity contribution in [2.45, 2.75) is 185 Å². The smallest absolute Gasteiger partial charge is 0.248 e. The van der Waals surface area contributed by atoms with Crippen LogP contribution in [0.25, 0.3) is 0 Å². The lowest BCUT2D eigenvalue weighted by Crippen LogP contribution is -2.63. The van der Waals surface area contributed by atoms with Gasteiger partial charge < -0.3 is 82.2 Å². The highest BCUT2D eigenvalue weighted by Crippen LogP contribution is 2.27. The lowest BCUT2D eigenvalue weighted by atomic mass is 9.99. The van der Waals surface area contributed by atoms with Crippen LogP contribution in [0.4, 0.5) is 0 Å². The standard InChI is InChI=1S/C44H72N10O16/c1-19(2)30(40(65)47-21(4)37(62)49-22(5)41(66)52-15-9-12-26(52)35(45)60)50-38(63)28-14-11-17-54(28)43(68)31(24(7)69-44-34(59)33(58)32(57)29(18-55)70-44)51-39(64)27-13-10-16-53(27)42(67)23(6)48-36(61)20(3)46-25(8)56/h19-24,26-34,44,55,57-59H,9-18H2,1-8H3,(H2,45,60)(H,46,56)(H,47,65)(H,48,61)(H,49,62)(H,50,63)(H,51,64)/t20-,21-,22-,23-,24+,26-,27-,28-,29+,30-,31-,32+,33-,34-,44-/m0/s1. The zero-order valence-corrected chi connectivity index (χ0v) is 40.9. The van der Waals surface area contributed by atoms with Gasteiger partial charge in [-0.2, -0.15) is 0 Å². The van der Waals surface area contributed by atoms with Crippen molar-refractivity contribution in [3.8, 4) is 0 Å². The van der Waals surface area contributed by atoms with Gasteiger partial charge in [0.2, 0.25) is 59.1 Å². The van der Waals surface area contributed by atoms with E-state index in [9.17, 15) is 68.4 Å². The van der Waals surface area contributed by atoms with Crippen LogP contribution in [0.15, 0.2) is 0 Å². The van der Waals surface area contributed by atoms with Gasteiger partial charge in [-0.05, 0) is 79.1 Å². The Morgan fingerprint density at radius 1 is 0.571 bits per heavy atom. The van der Waals surface area contributed by atoms with E-state index < -0.39 is 163 Å². The van der Waals surface area contributed by atoms with E-state index in [0.29, 0.717) is 25.7 Å². The number of hydrogen-bond acceptors (Lipinski definition) is 16. The molecule has 26 nitrogen and oxygen atoms in total. The summed E-state index contributed by atoms with van der Waals surface area (Å²) in [5.74, 6) is -7.40. The van der Waals surface area contributed by atoms with Gasteiger partial charge in [0.05, 0.1) is 12.7 Å². The maximum atomic E-state index is 14.7. The number of ether oxygens (including phenoxy) is 2. The van der Waals surface area contributed by atoms with Gasteiger partial charge in [0, 0.05) is 26.6 Å². The van der Waals surface area contributed by atoms with Crippen molar-refractivity contribution < 1.29 is 77.8 Å². The van der Waals surface area contributed by atoms with Crippen LogP contribution in [0.5, 0.6) is 0 Å². The maximum absolute atomic E-state index is 14.7. The number of likely N-dealkylation sites (tertiary alicyclic amines) is 3. The van der Waals surface area contributed by atoms with Crippen molar-refractivity contribution in [1.82, 2.24) is 46.6 Å². The SMILES string of the molecule is CC(=O)N[C@@H](C)C(=O)N[C@@H](C)C(=O)N1CCC[C@H]1C(=O)N[C@H](C(=O)N1CCC[C@H]1C(=O)N[C@H](C(=O)N[C@@H](C)C(=O)N[C@@H](C)C(=O)N1CCC[C@H]1C(N)=O)C(C)C)[C@@H](C)O[C@H]1O[C@H](CO)[C@@H](O)[C@H](O)[C@@H]1O. The molecule has 0 aromatic heterocycles. The minimum absolute atomic E-state index is 0.0114. The average Bonchev–Trinajstić information content (AvgIpc) is 4.11. The molecule has 0 radical (unpaired) electrons. The number of nitrogens with two attached hydrogens (primary N) is 1. The number of primary amides is 1. The Morgan fingerprint density at radius 3 is 1.46 bits per heavy atom. The molecule has 394 valence electrons. The Labute approximate surface area is 405 Å². The van der Waals surface area contributed by atoms with E-state index in [0.717, 1.165) is 0 Å². The lowest BCUT2D eigenvalue weighted by molar-refractivity contribution is -0.311. The topological polar surface area (TPSA) is 378 Å². The number of aliphatic hydroxyl groups excluding tert-OH is 4.